The Kier molecular flexibility index (Phi) is 7.37. The molecule has 0 radical (unpaired) electrons. The lowest BCUT2D eigenvalue weighted by Gasteiger charge is -2.32. The third-order valence-corrected chi connectivity index (χ3v) is 5.15. The number of likely N-dealkylation sites (tertiary alicyclic amines) is 1. The number of nitrogens with zero attached hydrogens (tertiary/aromatic N) is 3. The van der Waals surface area contributed by atoms with Gasteiger partial charge in [-0.25, -0.2) is 9.97 Å². The molecule has 1 N–H and O–H groups in total. The van der Waals surface area contributed by atoms with E-state index in [0.29, 0.717) is 24.2 Å². The molecular formula is C22H30N4O2. The van der Waals surface area contributed by atoms with Gasteiger partial charge in [0, 0.05) is 39.0 Å². The first kappa shape index (κ1) is 20.3. The summed E-state index contributed by atoms with van der Waals surface area (Å²) in [6.07, 6.45) is 4.02. The van der Waals surface area contributed by atoms with E-state index in [2.05, 4.69) is 45.6 Å². The summed E-state index contributed by atoms with van der Waals surface area (Å²) in [5.41, 5.74) is 2.65. The summed E-state index contributed by atoms with van der Waals surface area (Å²) in [6, 6.07) is 12.4. The number of anilines is 1. The van der Waals surface area contributed by atoms with E-state index in [4.69, 9.17) is 4.74 Å². The molecule has 6 heteroatoms. The lowest BCUT2D eigenvalue weighted by atomic mass is 9.90. The maximum atomic E-state index is 12.9. The van der Waals surface area contributed by atoms with E-state index in [9.17, 15) is 4.79 Å². The average Bonchev–Trinajstić information content (AvgIpc) is 2.72. The zero-order valence-electron chi connectivity index (χ0n) is 16.9. The van der Waals surface area contributed by atoms with Crippen LogP contribution in [0.5, 0.6) is 0 Å². The molecule has 6 nitrogen and oxygen atoms in total. The highest BCUT2D eigenvalue weighted by atomic mass is 16.5. The summed E-state index contributed by atoms with van der Waals surface area (Å²) < 4.78 is 5.05. The van der Waals surface area contributed by atoms with Crippen molar-refractivity contribution in [2.75, 3.05) is 38.7 Å². The highest BCUT2D eigenvalue weighted by molar-refractivity contribution is 5.92. The van der Waals surface area contributed by atoms with Gasteiger partial charge in [-0.3, -0.25) is 4.79 Å². The predicted molar refractivity (Wildman–Crippen MR) is 111 cm³/mol. The van der Waals surface area contributed by atoms with Crippen LogP contribution >= 0.6 is 0 Å². The van der Waals surface area contributed by atoms with Gasteiger partial charge < -0.3 is 15.0 Å². The Morgan fingerprint density at radius 2 is 1.96 bits per heavy atom. The molecule has 2 heterocycles. The van der Waals surface area contributed by atoms with Crippen LogP contribution in [0.25, 0.3) is 0 Å². The number of hydrogen-bond donors (Lipinski definition) is 1. The molecule has 1 fully saturated rings. The first-order valence-corrected chi connectivity index (χ1v) is 10.1. The molecule has 1 saturated heterocycles. The Balaban J connectivity index is 1.55. The smallest absolute Gasteiger partial charge is 0.272 e. The molecule has 0 spiro atoms. The molecule has 2 aromatic rings. The van der Waals surface area contributed by atoms with Gasteiger partial charge in [0.2, 0.25) is 5.95 Å². The Morgan fingerprint density at radius 3 is 2.68 bits per heavy atom. The summed E-state index contributed by atoms with van der Waals surface area (Å²) in [7, 11) is 1.68. The molecule has 0 saturated carbocycles. The van der Waals surface area contributed by atoms with Gasteiger partial charge in [0.05, 0.1) is 0 Å². The number of nitrogens with one attached hydrogen (secondary N) is 1. The summed E-state index contributed by atoms with van der Waals surface area (Å²) in [4.78, 5) is 23.7. The van der Waals surface area contributed by atoms with Crippen LogP contribution in [0.15, 0.2) is 36.4 Å². The molecule has 3 rings (SSSR count). The third kappa shape index (κ3) is 5.76. The number of carbonyl (C=O) groups is 1. The highest BCUT2D eigenvalue weighted by Gasteiger charge is 2.25. The highest BCUT2D eigenvalue weighted by Crippen LogP contribution is 2.23. The van der Waals surface area contributed by atoms with E-state index >= 15 is 0 Å². The maximum absolute atomic E-state index is 12.9. The molecule has 0 bridgehead atoms. The Morgan fingerprint density at radius 1 is 1.21 bits per heavy atom. The summed E-state index contributed by atoms with van der Waals surface area (Å²) in [5, 5.41) is 3.18. The molecule has 150 valence electrons. The second kappa shape index (κ2) is 10.2. The number of amides is 1. The molecule has 28 heavy (non-hydrogen) atoms. The van der Waals surface area contributed by atoms with Gasteiger partial charge in [0.15, 0.2) is 0 Å². The van der Waals surface area contributed by atoms with Gasteiger partial charge in [-0.2, -0.15) is 0 Å². The van der Waals surface area contributed by atoms with Crippen molar-refractivity contribution in [2.45, 2.75) is 32.6 Å². The first-order valence-electron chi connectivity index (χ1n) is 10.1. The summed E-state index contributed by atoms with van der Waals surface area (Å²) >= 11 is 0. The van der Waals surface area contributed by atoms with Crippen LogP contribution in [0.3, 0.4) is 0 Å². The lowest BCUT2D eigenvalue weighted by molar-refractivity contribution is 0.0684. The molecule has 0 unspecified atom stereocenters. The van der Waals surface area contributed by atoms with Crippen LogP contribution in [0.4, 0.5) is 5.95 Å². The average molecular weight is 383 g/mol. The zero-order chi connectivity index (χ0) is 19.8. The van der Waals surface area contributed by atoms with E-state index < -0.39 is 0 Å². The predicted octanol–water partition coefficient (Wildman–Crippen LogP) is 3.33. The number of rotatable bonds is 8. The largest absolute Gasteiger partial charge is 0.385 e. The van der Waals surface area contributed by atoms with Gasteiger partial charge in [-0.15, -0.1) is 0 Å². The van der Waals surface area contributed by atoms with Gasteiger partial charge in [-0.1, -0.05) is 30.3 Å². The number of aromatic nitrogens is 2. The fourth-order valence-corrected chi connectivity index (χ4v) is 3.62. The number of ether oxygens (including phenoxy) is 1. The normalized spacial score (nSPS) is 14.9. The topological polar surface area (TPSA) is 67.3 Å². The SMILES string of the molecule is COCCCNc1nc(C)cc(C(=O)N2CCC(Cc3ccccc3)CC2)n1. The molecule has 1 aliphatic heterocycles. The molecule has 1 aliphatic rings. The van der Waals surface area contributed by atoms with Crippen molar-refractivity contribution in [1.29, 1.82) is 0 Å². The van der Waals surface area contributed by atoms with Crippen LogP contribution in [0.1, 0.15) is 41.0 Å². The van der Waals surface area contributed by atoms with Crippen LogP contribution in [0.2, 0.25) is 0 Å². The Labute approximate surface area is 167 Å². The number of aryl methyl sites for hydroxylation is 1. The minimum Gasteiger partial charge on any atom is -0.385 e. The molecule has 1 aromatic heterocycles. The lowest BCUT2D eigenvalue weighted by Crippen LogP contribution is -2.39. The number of benzene rings is 1. The standard InChI is InChI=1S/C22H30N4O2/c1-17-15-20(25-22(24-17)23-11-6-14-28-2)21(27)26-12-9-19(10-13-26)16-18-7-4-3-5-8-18/h3-5,7-8,15,19H,6,9-14,16H2,1-2H3,(H,23,24,25). The molecular weight excluding hydrogens is 352 g/mol. The van der Waals surface area contributed by atoms with E-state index in [0.717, 1.165) is 51.0 Å². The van der Waals surface area contributed by atoms with E-state index in [1.807, 2.05) is 11.8 Å². The number of carbonyl (C=O) groups excluding carboxylic acids is 1. The van der Waals surface area contributed by atoms with Crippen molar-refractivity contribution < 1.29 is 9.53 Å². The van der Waals surface area contributed by atoms with Crippen molar-refractivity contribution in [2.24, 2.45) is 5.92 Å². The van der Waals surface area contributed by atoms with E-state index in [1.165, 1.54) is 5.56 Å². The van der Waals surface area contributed by atoms with Crippen molar-refractivity contribution in [1.82, 2.24) is 14.9 Å². The second-order valence-corrected chi connectivity index (χ2v) is 7.42. The van der Waals surface area contributed by atoms with Crippen molar-refractivity contribution in [3.05, 3.63) is 53.3 Å². The zero-order valence-corrected chi connectivity index (χ0v) is 16.9. The van der Waals surface area contributed by atoms with Crippen molar-refractivity contribution >= 4 is 11.9 Å². The van der Waals surface area contributed by atoms with Gasteiger partial charge in [-0.05, 0) is 50.2 Å². The van der Waals surface area contributed by atoms with Gasteiger partial charge in [0.1, 0.15) is 5.69 Å². The van der Waals surface area contributed by atoms with Gasteiger partial charge in [0.25, 0.3) is 5.91 Å². The fraction of sp³-hybridized carbons (Fsp3) is 0.500. The Hall–Kier alpha value is -2.47. The van der Waals surface area contributed by atoms with Crippen molar-refractivity contribution in [3.8, 4) is 0 Å². The number of hydrogen-bond acceptors (Lipinski definition) is 5. The molecule has 1 aromatic carbocycles. The Bertz CT molecular complexity index is 758. The number of piperidine rings is 1. The van der Waals surface area contributed by atoms with Crippen LogP contribution in [0, 0.1) is 12.8 Å². The van der Waals surface area contributed by atoms with Gasteiger partial charge >= 0.3 is 0 Å². The second-order valence-electron chi connectivity index (χ2n) is 7.42. The molecule has 1 amide bonds. The third-order valence-electron chi connectivity index (χ3n) is 5.15. The minimum absolute atomic E-state index is 0.00334. The maximum Gasteiger partial charge on any atom is 0.272 e. The monoisotopic (exact) mass is 382 g/mol. The number of methoxy groups -OCH3 is 1. The van der Waals surface area contributed by atoms with Crippen LogP contribution < -0.4 is 5.32 Å². The summed E-state index contributed by atoms with van der Waals surface area (Å²) in [6.45, 7) is 4.87. The quantitative estimate of drug-likeness (QED) is 0.710. The molecule has 0 aliphatic carbocycles. The summed E-state index contributed by atoms with van der Waals surface area (Å²) in [5.74, 6) is 1.15. The van der Waals surface area contributed by atoms with E-state index in [1.54, 1.807) is 13.2 Å². The minimum atomic E-state index is 0.00334. The van der Waals surface area contributed by atoms with Crippen LogP contribution in [-0.2, 0) is 11.2 Å². The first-order chi connectivity index (χ1) is 13.7. The van der Waals surface area contributed by atoms with E-state index in [-0.39, 0.29) is 5.91 Å². The van der Waals surface area contributed by atoms with Crippen molar-refractivity contribution in [3.63, 3.8) is 0 Å². The fourth-order valence-electron chi connectivity index (χ4n) is 3.62. The molecule has 0 atom stereocenters. The van der Waals surface area contributed by atoms with Crippen LogP contribution in [-0.4, -0.2) is 54.1 Å².